The number of fused-ring (bicyclic) bond motifs is 1. The van der Waals surface area contributed by atoms with Crippen LogP contribution >= 0.6 is 0 Å². The first kappa shape index (κ1) is 17.9. The van der Waals surface area contributed by atoms with Gasteiger partial charge in [0.1, 0.15) is 5.82 Å². The first-order valence-corrected chi connectivity index (χ1v) is 9.34. The fourth-order valence-corrected chi connectivity index (χ4v) is 3.61. The molecule has 0 saturated carbocycles. The summed E-state index contributed by atoms with van der Waals surface area (Å²) in [5.41, 5.74) is 3.16. The third-order valence-corrected chi connectivity index (χ3v) is 5.18. The van der Waals surface area contributed by atoms with Crippen molar-refractivity contribution in [2.75, 3.05) is 36.5 Å². The van der Waals surface area contributed by atoms with Gasteiger partial charge in [-0.2, -0.15) is 0 Å². The van der Waals surface area contributed by atoms with Gasteiger partial charge in [-0.1, -0.05) is 6.07 Å². The van der Waals surface area contributed by atoms with Crippen LogP contribution in [0, 0.1) is 18.7 Å². The molecular formula is C20H23FN4O2. The van der Waals surface area contributed by atoms with E-state index in [1.807, 2.05) is 13.1 Å². The van der Waals surface area contributed by atoms with E-state index in [2.05, 4.69) is 15.2 Å². The summed E-state index contributed by atoms with van der Waals surface area (Å²) in [5.74, 6) is -0.0249. The van der Waals surface area contributed by atoms with Gasteiger partial charge in [-0.15, -0.1) is 0 Å². The summed E-state index contributed by atoms with van der Waals surface area (Å²) in [5, 5.41) is 2.74. The smallest absolute Gasteiger partial charge is 0.227 e. The average molecular weight is 370 g/mol. The summed E-state index contributed by atoms with van der Waals surface area (Å²) in [6.07, 6.45) is 3.84. The molecule has 27 heavy (non-hydrogen) atoms. The van der Waals surface area contributed by atoms with E-state index in [1.54, 1.807) is 12.1 Å². The Morgan fingerprint density at radius 2 is 2.15 bits per heavy atom. The number of aryl methyl sites for hydroxylation is 2. The molecule has 0 unspecified atom stereocenters. The molecule has 1 aliphatic heterocycles. The highest BCUT2D eigenvalue weighted by Crippen LogP contribution is 2.27. The Morgan fingerprint density at radius 1 is 1.33 bits per heavy atom. The zero-order valence-electron chi connectivity index (χ0n) is 15.4. The van der Waals surface area contributed by atoms with Crippen LogP contribution in [0.3, 0.4) is 0 Å². The first-order chi connectivity index (χ1) is 13.1. The number of nitrogens with one attached hydrogen (secondary N) is 1. The molecule has 1 saturated heterocycles. The zero-order valence-corrected chi connectivity index (χ0v) is 15.4. The SMILES string of the molecule is Cc1ccc(F)c(NC(=O)[C@H]2CCc3nc(N4CCOCC4)ncc3C2)c1. The van der Waals surface area contributed by atoms with Crippen LogP contribution in [-0.2, 0) is 22.4 Å². The molecule has 6 nitrogen and oxygen atoms in total. The summed E-state index contributed by atoms with van der Waals surface area (Å²) in [6, 6.07) is 4.72. The van der Waals surface area contributed by atoms with Crippen LogP contribution in [0.15, 0.2) is 24.4 Å². The number of halogens is 1. The van der Waals surface area contributed by atoms with Crippen LogP contribution in [0.5, 0.6) is 0 Å². The van der Waals surface area contributed by atoms with Crippen molar-refractivity contribution >= 4 is 17.5 Å². The summed E-state index contributed by atoms with van der Waals surface area (Å²) in [7, 11) is 0. The number of hydrogen-bond donors (Lipinski definition) is 1. The van der Waals surface area contributed by atoms with Gasteiger partial charge in [-0.25, -0.2) is 14.4 Å². The highest BCUT2D eigenvalue weighted by atomic mass is 19.1. The second-order valence-electron chi connectivity index (χ2n) is 7.15. The van der Waals surface area contributed by atoms with Gasteiger partial charge < -0.3 is 15.0 Å². The Kier molecular flexibility index (Phi) is 5.03. The lowest BCUT2D eigenvalue weighted by molar-refractivity contribution is -0.120. The van der Waals surface area contributed by atoms with Crippen molar-refractivity contribution in [2.24, 2.45) is 5.92 Å². The predicted molar refractivity (Wildman–Crippen MR) is 100 cm³/mol. The van der Waals surface area contributed by atoms with E-state index in [0.29, 0.717) is 26.1 Å². The zero-order chi connectivity index (χ0) is 18.8. The third kappa shape index (κ3) is 3.93. The molecule has 1 N–H and O–H groups in total. The molecule has 1 aliphatic carbocycles. The Bertz CT molecular complexity index is 852. The van der Waals surface area contributed by atoms with Crippen molar-refractivity contribution < 1.29 is 13.9 Å². The molecule has 1 aromatic heterocycles. The lowest BCUT2D eigenvalue weighted by Gasteiger charge is -2.28. The monoisotopic (exact) mass is 370 g/mol. The Balaban J connectivity index is 1.44. The van der Waals surface area contributed by atoms with Crippen LogP contribution in [-0.4, -0.2) is 42.2 Å². The number of carbonyl (C=O) groups excluding carboxylic acids is 1. The van der Waals surface area contributed by atoms with Crippen molar-refractivity contribution in [3.8, 4) is 0 Å². The maximum Gasteiger partial charge on any atom is 0.227 e. The molecule has 0 spiro atoms. The first-order valence-electron chi connectivity index (χ1n) is 9.34. The fourth-order valence-electron chi connectivity index (χ4n) is 3.61. The van der Waals surface area contributed by atoms with Crippen LogP contribution in [0.2, 0.25) is 0 Å². The minimum atomic E-state index is -0.413. The molecule has 142 valence electrons. The number of hydrogen-bond acceptors (Lipinski definition) is 5. The normalized spacial score (nSPS) is 19.5. The second kappa shape index (κ2) is 7.60. The average Bonchev–Trinajstić information content (AvgIpc) is 2.70. The standard InChI is InChI=1S/C20H23FN4O2/c1-13-2-4-16(21)18(10-13)23-19(26)14-3-5-17-15(11-14)12-22-20(24-17)25-6-8-27-9-7-25/h2,4,10,12,14H,3,5-9,11H2,1H3,(H,23,26)/t14-/m0/s1. The van der Waals surface area contributed by atoms with E-state index in [1.165, 1.54) is 6.07 Å². The Labute approximate surface area is 157 Å². The van der Waals surface area contributed by atoms with Crippen LogP contribution in [0.1, 0.15) is 23.2 Å². The lowest BCUT2D eigenvalue weighted by atomic mass is 9.86. The maximum atomic E-state index is 13.9. The number of amides is 1. The van der Waals surface area contributed by atoms with E-state index in [4.69, 9.17) is 9.72 Å². The molecule has 0 radical (unpaired) electrons. The van der Waals surface area contributed by atoms with Gasteiger partial charge in [0.05, 0.1) is 18.9 Å². The Morgan fingerprint density at radius 3 is 2.96 bits per heavy atom. The van der Waals surface area contributed by atoms with E-state index >= 15 is 0 Å². The number of rotatable bonds is 3. The number of ether oxygens (including phenoxy) is 1. The third-order valence-electron chi connectivity index (χ3n) is 5.18. The summed E-state index contributed by atoms with van der Waals surface area (Å²) in [6.45, 7) is 4.85. The van der Waals surface area contributed by atoms with E-state index in [9.17, 15) is 9.18 Å². The van der Waals surface area contributed by atoms with Gasteiger partial charge >= 0.3 is 0 Å². The number of benzene rings is 1. The van der Waals surface area contributed by atoms with Gasteiger partial charge in [-0.3, -0.25) is 4.79 Å². The molecular weight excluding hydrogens is 347 g/mol. The molecule has 0 bridgehead atoms. The molecule has 1 aromatic carbocycles. The molecule has 1 amide bonds. The largest absolute Gasteiger partial charge is 0.378 e. The second-order valence-corrected chi connectivity index (χ2v) is 7.15. The maximum absolute atomic E-state index is 13.9. The molecule has 7 heteroatoms. The van der Waals surface area contributed by atoms with Gasteiger partial charge in [0.2, 0.25) is 11.9 Å². The van der Waals surface area contributed by atoms with Gasteiger partial charge in [0, 0.05) is 30.9 Å². The number of morpholine rings is 1. The minimum Gasteiger partial charge on any atom is -0.378 e. The van der Waals surface area contributed by atoms with E-state index in [0.717, 1.165) is 42.3 Å². The predicted octanol–water partition coefficient (Wildman–Crippen LogP) is 2.50. The minimum absolute atomic E-state index is 0.151. The van der Waals surface area contributed by atoms with Crippen molar-refractivity contribution in [3.05, 3.63) is 47.0 Å². The van der Waals surface area contributed by atoms with Crippen LogP contribution in [0.4, 0.5) is 16.0 Å². The summed E-state index contributed by atoms with van der Waals surface area (Å²) in [4.78, 5) is 23.9. The van der Waals surface area contributed by atoms with Crippen molar-refractivity contribution in [2.45, 2.75) is 26.2 Å². The summed E-state index contributed by atoms with van der Waals surface area (Å²) < 4.78 is 19.3. The Hall–Kier alpha value is -2.54. The topological polar surface area (TPSA) is 67.4 Å². The number of aromatic nitrogens is 2. The lowest BCUT2D eigenvalue weighted by Crippen LogP contribution is -2.38. The fraction of sp³-hybridized carbons (Fsp3) is 0.450. The highest BCUT2D eigenvalue weighted by molar-refractivity contribution is 5.93. The van der Waals surface area contributed by atoms with Gasteiger partial charge in [0.15, 0.2) is 0 Å². The van der Waals surface area contributed by atoms with Crippen molar-refractivity contribution in [3.63, 3.8) is 0 Å². The van der Waals surface area contributed by atoms with E-state index in [-0.39, 0.29) is 17.5 Å². The van der Waals surface area contributed by atoms with Crippen LogP contribution in [0.25, 0.3) is 0 Å². The molecule has 1 atom stereocenters. The van der Waals surface area contributed by atoms with Gasteiger partial charge in [-0.05, 0) is 49.4 Å². The summed E-state index contributed by atoms with van der Waals surface area (Å²) >= 11 is 0. The molecule has 4 rings (SSSR count). The molecule has 1 fully saturated rings. The number of anilines is 2. The number of carbonyl (C=O) groups is 1. The molecule has 2 aromatic rings. The van der Waals surface area contributed by atoms with E-state index < -0.39 is 5.82 Å². The van der Waals surface area contributed by atoms with Gasteiger partial charge in [0.25, 0.3) is 0 Å². The van der Waals surface area contributed by atoms with Crippen molar-refractivity contribution in [1.82, 2.24) is 9.97 Å². The van der Waals surface area contributed by atoms with Crippen LogP contribution < -0.4 is 10.2 Å². The molecule has 2 heterocycles. The highest BCUT2D eigenvalue weighted by Gasteiger charge is 2.27. The molecule has 2 aliphatic rings. The quantitative estimate of drug-likeness (QED) is 0.899. The number of nitrogens with zero attached hydrogens (tertiary/aromatic N) is 3. The van der Waals surface area contributed by atoms with Crippen molar-refractivity contribution in [1.29, 1.82) is 0 Å².